The number of rotatable bonds is 10. The first-order valence-corrected chi connectivity index (χ1v) is 10.9. The summed E-state index contributed by atoms with van der Waals surface area (Å²) in [6.07, 6.45) is 3.45. The molecule has 3 rings (SSSR count). The number of anilines is 1. The van der Waals surface area contributed by atoms with Gasteiger partial charge in [-0.15, -0.1) is 18.3 Å². The molecule has 0 saturated carbocycles. The number of nitrogens with one attached hydrogen (secondary N) is 1. The number of sulfonamides is 1. The van der Waals surface area contributed by atoms with E-state index in [4.69, 9.17) is 4.42 Å². The summed E-state index contributed by atoms with van der Waals surface area (Å²) in [5.41, 5.74) is 1.25. The Morgan fingerprint density at radius 1 is 1.00 bits per heavy atom. The maximum Gasteiger partial charge on any atom is 0.322 e. The van der Waals surface area contributed by atoms with Crippen molar-refractivity contribution in [3.63, 3.8) is 0 Å². The Labute approximate surface area is 181 Å². The van der Waals surface area contributed by atoms with Crippen LogP contribution in [-0.4, -0.2) is 41.9 Å². The zero-order valence-corrected chi connectivity index (χ0v) is 17.6. The Hall–Kier alpha value is -3.56. The van der Waals surface area contributed by atoms with E-state index in [1.165, 1.54) is 40.7 Å². The second-order valence-electron chi connectivity index (χ2n) is 6.54. The second-order valence-corrected chi connectivity index (χ2v) is 8.48. The van der Waals surface area contributed by atoms with E-state index in [1.807, 2.05) is 30.3 Å². The first kappa shape index (κ1) is 22.1. The molecule has 0 fully saturated rings. The van der Waals surface area contributed by atoms with Crippen molar-refractivity contribution in [1.82, 2.24) is 14.5 Å². The molecule has 0 radical (unpaired) electrons. The summed E-state index contributed by atoms with van der Waals surface area (Å²) in [5, 5.41) is 10.3. The SMILES string of the molecule is C=CCN(CC=C)S(=O)(=O)c1ccc(C(=O)Nc2nnc(Cc3ccccc3)o2)cc1. The minimum Gasteiger partial charge on any atom is -0.407 e. The molecule has 31 heavy (non-hydrogen) atoms. The van der Waals surface area contributed by atoms with Gasteiger partial charge in [0.2, 0.25) is 15.9 Å². The molecule has 0 aliphatic carbocycles. The summed E-state index contributed by atoms with van der Waals surface area (Å²) in [5.74, 6) is -0.125. The number of carbonyl (C=O) groups excluding carboxylic acids is 1. The van der Waals surface area contributed by atoms with E-state index in [1.54, 1.807) is 0 Å². The predicted molar refractivity (Wildman–Crippen MR) is 117 cm³/mol. The van der Waals surface area contributed by atoms with Crippen molar-refractivity contribution in [2.45, 2.75) is 11.3 Å². The highest BCUT2D eigenvalue weighted by molar-refractivity contribution is 7.89. The molecule has 1 aromatic heterocycles. The Kier molecular flexibility index (Phi) is 7.11. The van der Waals surface area contributed by atoms with Crippen molar-refractivity contribution in [1.29, 1.82) is 0 Å². The number of nitrogens with zero attached hydrogens (tertiary/aromatic N) is 3. The molecule has 0 aliphatic rings. The van der Waals surface area contributed by atoms with Gasteiger partial charge >= 0.3 is 6.01 Å². The van der Waals surface area contributed by atoms with Gasteiger partial charge in [0.15, 0.2) is 0 Å². The average molecular weight is 439 g/mol. The third-order valence-corrected chi connectivity index (χ3v) is 6.15. The highest BCUT2D eigenvalue weighted by Crippen LogP contribution is 2.18. The van der Waals surface area contributed by atoms with Crippen LogP contribution in [0.25, 0.3) is 0 Å². The summed E-state index contributed by atoms with van der Waals surface area (Å²) in [6, 6.07) is 15.2. The lowest BCUT2D eigenvalue weighted by Gasteiger charge is -2.19. The van der Waals surface area contributed by atoms with Gasteiger partial charge < -0.3 is 4.42 Å². The predicted octanol–water partition coefficient (Wildman–Crippen LogP) is 3.28. The first-order valence-electron chi connectivity index (χ1n) is 9.43. The molecule has 0 aliphatic heterocycles. The first-order chi connectivity index (χ1) is 14.9. The quantitative estimate of drug-likeness (QED) is 0.487. The van der Waals surface area contributed by atoms with Gasteiger partial charge in [-0.25, -0.2) is 8.42 Å². The Morgan fingerprint density at radius 3 is 2.26 bits per heavy atom. The van der Waals surface area contributed by atoms with Gasteiger partial charge in [0.25, 0.3) is 5.91 Å². The van der Waals surface area contributed by atoms with Gasteiger partial charge in [-0.1, -0.05) is 47.6 Å². The minimum absolute atomic E-state index is 0.0317. The van der Waals surface area contributed by atoms with Crippen molar-refractivity contribution >= 4 is 21.9 Å². The third-order valence-electron chi connectivity index (χ3n) is 4.31. The van der Waals surface area contributed by atoms with Crippen molar-refractivity contribution < 1.29 is 17.6 Å². The molecule has 1 heterocycles. The zero-order valence-electron chi connectivity index (χ0n) is 16.8. The van der Waals surface area contributed by atoms with Gasteiger partial charge in [-0.2, -0.15) is 4.31 Å². The molecule has 0 atom stereocenters. The lowest BCUT2D eigenvalue weighted by molar-refractivity contribution is 0.102. The van der Waals surface area contributed by atoms with E-state index in [2.05, 4.69) is 28.7 Å². The Balaban J connectivity index is 1.68. The minimum atomic E-state index is -3.73. The molecule has 2 aromatic carbocycles. The molecule has 1 amide bonds. The van der Waals surface area contributed by atoms with Crippen LogP contribution in [0.3, 0.4) is 0 Å². The number of benzene rings is 2. The van der Waals surface area contributed by atoms with Gasteiger partial charge in [0.1, 0.15) is 0 Å². The molecule has 8 nitrogen and oxygen atoms in total. The van der Waals surface area contributed by atoms with E-state index in [0.29, 0.717) is 12.3 Å². The largest absolute Gasteiger partial charge is 0.407 e. The smallest absolute Gasteiger partial charge is 0.322 e. The molecular weight excluding hydrogens is 416 g/mol. The van der Waals surface area contributed by atoms with Crippen LogP contribution in [0.15, 0.2) is 89.2 Å². The molecular formula is C22H22N4O4S. The van der Waals surface area contributed by atoms with E-state index < -0.39 is 15.9 Å². The fourth-order valence-electron chi connectivity index (χ4n) is 2.80. The number of carbonyl (C=O) groups is 1. The van der Waals surface area contributed by atoms with Crippen LogP contribution in [-0.2, 0) is 16.4 Å². The lowest BCUT2D eigenvalue weighted by Crippen LogP contribution is -2.31. The molecule has 9 heteroatoms. The summed E-state index contributed by atoms with van der Waals surface area (Å²) >= 11 is 0. The van der Waals surface area contributed by atoms with Gasteiger partial charge in [-0.3, -0.25) is 10.1 Å². The van der Waals surface area contributed by atoms with Crippen molar-refractivity contribution in [2.75, 3.05) is 18.4 Å². The molecule has 0 saturated heterocycles. The van der Waals surface area contributed by atoms with Crippen LogP contribution in [0.4, 0.5) is 6.01 Å². The van der Waals surface area contributed by atoms with Crippen LogP contribution < -0.4 is 5.32 Å². The van der Waals surface area contributed by atoms with Crippen molar-refractivity contribution in [2.24, 2.45) is 0 Å². The monoisotopic (exact) mass is 438 g/mol. The van der Waals surface area contributed by atoms with Crippen LogP contribution >= 0.6 is 0 Å². The normalized spacial score (nSPS) is 11.3. The van der Waals surface area contributed by atoms with E-state index in [0.717, 1.165) is 5.56 Å². The number of hydrogen-bond acceptors (Lipinski definition) is 6. The molecule has 160 valence electrons. The van der Waals surface area contributed by atoms with Crippen LogP contribution in [0.1, 0.15) is 21.8 Å². The topological polar surface area (TPSA) is 105 Å². The van der Waals surface area contributed by atoms with Crippen LogP contribution in [0.2, 0.25) is 0 Å². The highest BCUT2D eigenvalue weighted by Gasteiger charge is 2.23. The van der Waals surface area contributed by atoms with Gasteiger partial charge in [0.05, 0.1) is 11.3 Å². The fraction of sp³-hybridized carbons (Fsp3) is 0.136. The van der Waals surface area contributed by atoms with Gasteiger partial charge in [-0.05, 0) is 29.8 Å². The molecule has 3 aromatic rings. The molecule has 0 spiro atoms. The Morgan fingerprint density at radius 2 is 1.65 bits per heavy atom. The molecule has 0 bridgehead atoms. The van der Waals surface area contributed by atoms with Crippen molar-refractivity contribution in [3.8, 4) is 0 Å². The maximum atomic E-state index is 12.7. The third kappa shape index (κ3) is 5.53. The average Bonchev–Trinajstić information content (AvgIpc) is 3.21. The van der Waals surface area contributed by atoms with E-state index >= 15 is 0 Å². The summed E-state index contributed by atoms with van der Waals surface area (Å²) < 4.78 is 32.2. The van der Waals surface area contributed by atoms with E-state index in [9.17, 15) is 13.2 Å². The number of hydrogen-bond donors (Lipinski definition) is 1. The fourth-order valence-corrected chi connectivity index (χ4v) is 4.18. The standard InChI is InChI=1S/C22H22N4O4S/c1-3-14-26(15-4-2)31(28,29)19-12-10-18(11-13-19)21(27)23-22-25-24-20(30-22)16-17-8-6-5-7-9-17/h3-13H,1-2,14-16H2,(H,23,25,27). The van der Waals surface area contributed by atoms with E-state index in [-0.39, 0.29) is 29.6 Å². The molecule has 1 N–H and O–H groups in total. The second kappa shape index (κ2) is 9.96. The summed E-state index contributed by atoms with van der Waals surface area (Å²) in [7, 11) is -3.73. The zero-order chi connectivity index (χ0) is 22.3. The Bertz CT molecular complexity index is 1150. The van der Waals surface area contributed by atoms with Crippen LogP contribution in [0.5, 0.6) is 0 Å². The van der Waals surface area contributed by atoms with Gasteiger partial charge in [0, 0.05) is 18.7 Å². The summed E-state index contributed by atoms with van der Waals surface area (Å²) in [6.45, 7) is 7.46. The maximum absolute atomic E-state index is 12.7. The molecule has 0 unspecified atom stereocenters. The highest BCUT2D eigenvalue weighted by atomic mass is 32.2. The summed E-state index contributed by atoms with van der Waals surface area (Å²) in [4.78, 5) is 12.5. The van der Waals surface area contributed by atoms with Crippen LogP contribution in [0, 0.1) is 0 Å². The number of aromatic nitrogens is 2. The number of amides is 1. The van der Waals surface area contributed by atoms with Crippen molar-refractivity contribution in [3.05, 3.63) is 96.9 Å². The lowest BCUT2D eigenvalue weighted by atomic mass is 10.2.